The number of ether oxygens (including phenoxy) is 1. The number of fused-ring (bicyclic) bond motifs is 2. The Bertz CT molecular complexity index is 1960. The van der Waals surface area contributed by atoms with E-state index in [2.05, 4.69) is 0 Å². The number of aromatic hydroxyl groups is 1. The van der Waals surface area contributed by atoms with Crippen molar-refractivity contribution in [2.75, 3.05) is 0 Å². The standard InChI is InChI=1S/C29H12Cl4I4O5/c30-7-6-18(41-29(40)11-4-2-1-3-5-11)12-8-15(31)21(32)22(33)20(12)19-13-9-16(34)25(38)23(36)27(13)42-28-14(19)10-17(35)26(39)24(28)37/h1-10,18,38H. The van der Waals surface area contributed by atoms with E-state index in [0.717, 1.165) is 0 Å². The van der Waals surface area contributed by atoms with Crippen LogP contribution in [0, 0.1) is 14.3 Å². The third-order valence-corrected chi connectivity index (χ3v) is 11.3. The average molecular weight is 1090 g/mol. The minimum atomic E-state index is -1.05. The van der Waals surface area contributed by atoms with E-state index in [-0.39, 0.29) is 26.2 Å². The van der Waals surface area contributed by atoms with Gasteiger partial charge in [-0.15, -0.1) is 0 Å². The van der Waals surface area contributed by atoms with E-state index in [1.165, 1.54) is 11.6 Å². The number of carbonyl (C=O) groups is 1. The number of hydrogen-bond donors (Lipinski definition) is 1. The summed E-state index contributed by atoms with van der Waals surface area (Å²) < 4.78 is 14.0. The molecule has 0 spiro atoms. The number of halogens is 8. The third-order valence-electron chi connectivity index (χ3n) is 6.26. The molecule has 1 aliphatic heterocycles. The predicted octanol–water partition coefficient (Wildman–Crippen LogP) is 11.3. The topological polar surface area (TPSA) is 76.7 Å². The molecule has 0 aromatic heterocycles. The van der Waals surface area contributed by atoms with Crippen molar-refractivity contribution in [3.05, 3.63) is 111 Å². The van der Waals surface area contributed by atoms with Gasteiger partial charge in [-0.3, -0.25) is 4.79 Å². The molecule has 1 N–H and O–H groups in total. The van der Waals surface area contributed by atoms with E-state index >= 15 is 0 Å². The maximum atomic E-state index is 13.2. The molecule has 0 fully saturated rings. The number of esters is 1. The van der Waals surface area contributed by atoms with Crippen LogP contribution in [0.1, 0.15) is 22.0 Å². The normalized spacial score (nSPS) is 12.4. The SMILES string of the molecule is O=C(OC(C=CCl)c1cc(Cl)c(Cl)c(Cl)c1-c1c2cc(I)c(=O)c(I)c-2oc2c(I)c(O)c(I)cc12)c1ccccc1. The largest absolute Gasteiger partial charge is 0.506 e. The Hall–Kier alpha value is -0.560. The third kappa shape index (κ3) is 6.01. The first-order valence-corrected chi connectivity index (χ1v) is 17.5. The van der Waals surface area contributed by atoms with Crippen molar-refractivity contribution in [1.82, 2.24) is 0 Å². The molecule has 42 heavy (non-hydrogen) atoms. The second kappa shape index (κ2) is 13.4. The molecule has 3 aromatic rings. The number of phenols is 1. The summed E-state index contributed by atoms with van der Waals surface area (Å²) in [5, 5.41) is 11.6. The number of phenolic OH excluding ortho intramolecular Hbond substituents is 1. The Balaban J connectivity index is 1.94. The van der Waals surface area contributed by atoms with Gasteiger partial charge in [-0.1, -0.05) is 64.6 Å². The van der Waals surface area contributed by atoms with Crippen LogP contribution < -0.4 is 5.43 Å². The first-order valence-electron chi connectivity index (χ1n) is 11.6. The molecule has 0 bridgehead atoms. The quantitative estimate of drug-likeness (QED) is 0.0821. The Labute approximate surface area is 313 Å². The van der Waals surface area contributed by atoms with Crippen LogP contribution in [0.2, 0.25) is 15.1 Å². The molecular weight excluding hydrogens is 1080 g/mol. The zero-order valence-corrected chi connectivity index (χ0v) is 32.1. The molecule has 0 saturated heterocycles. The van der Waals surface area contributed by atoms with E-state index in [0.29, 0.717) is 58.8 Å². The molecule has 0 saturated carbocycles. The molecular formula is C29H12Cl4I4O5. The minimum Gasteiger partial charge on any atom is -0.506 e. The lowest BCUT2D eigenvalue weighted by Gasteiger charge is -2.24. The maximum absolute atomic E-state index is 13.2. The van der Waals surface area contributed by atoms with E-state index < -0.39 is 12.1 Å². The molecule has 1 aliphatic carbocycles. The summed E-state index contributed by atoms with van der Waals surface area (Å²) in [5.41, 5.74) is 3.56. The highest BCUT2D eigenvalue weighted by Gasteiger charge is 2.31. The van der Waals surface area contributed by atoms with Gasteiger partial charge in [0.1, 0.15) is 15.4 Å². The van der Waals surface area contributed by atoms with Gasteiger partial charge in [-0.2, -0.15) is 0 Å². The van der Waals surface area contributed by atoms with Crippen LogP contribution in [0.25, 0.3) is 33.4 Å². The van der Waals surface area contributed by atoms with Crippen LogP contribution in [-0.4, -0.2) is 11.1 Å². The average Bonchev–Trinajstić information content (AvgIpc) is 2.97. The molecule has 1 unspecified atom stereocenters. The lowest BCUT2D eigenvalue weighted by atomic mass is 9.89. The second-order valence-corrected chi connectivity index (χ2v) is 14.6. The number of carbonyl (C=O) groups excluding carboxylic acids is 1. The van der Waals surface area contributed by atoms with Gasteiger partial charge in [0.05, 0.1) is 31.3 Å². The van der Waals surface area contributed by atoms with E-state index in [9.17, 15) is 14.7 Å². The summed E-state index contributed by atoms with van der Waals surface area (Å²) in [6.07, 6.45) is 0.439. The molecule has 2 aliphatic rings. The lowest BCUT2D eigenvalue weighted by Crippen LogP contribution is -2.14. The molecule has 3 aromatic carbocycles. The molecule has 0 amide bonds. The van der Waals surface area contributed by atoms with Gasteiger partial charge >= 0.3 is 5.97 Å². The molecule has 214 valence electrons. The summed E-state index contributed by atoms with van der Waals surface area (Å²) in [4.78, 5) is 26.2. The summed E-state index contributed by atoms with van der Waals surface area (Å²) in [6.45, 7) is 0. The van der Waals surface area contributed by atoms with Crippen molar-refractivity contribution in [3.8, 4) is 28.2 Å². The van der Waals surface area contributed by atoms with Crippen LogP contribution >= 0.6 is 137 Å². The predicted molar refractivity (Wildman–Crippen MR) is 202 cm³/mol. The Morgan fingerprint density at radius 1 is 0.929 bits per heavy atom. The van der Waals surface area contributed by atoms with Gasteiger partial charge in [-0.05, 0) is 127 Å². The van der Waals surface area contributed by atoms with Crippen molar-refractivity contribution >= 4 is 154 Å². The van der Waals surface area contributed by atoms with Crippen molar-refractivity contribution in [3.63, 3.8) is 0 Å². The van der Waals surface area contributed by atoms with Gasteiger partial charge in [0, 0.05) is 33.2 Å². The van der Waals surface area contributed by atoms with Gasteiger partial charge in [0.15, 0.2) is 11.3 Å². The molecule has 1 atom stereocenters. The molecule has 5 nitrogen and oxygen atoms in total. The van der Waals surface area contributed by atoms with Gasteiger partial charge < -0.3 is 14.3 Å². The zero-order valence-electron chi connectivity index (χ0n) is 20.5. The van der Waals surface area contributed by atoms with Crippen LogP contribution in [-0.2, 0) is 4.74 Å². The minimum absolute atomic E-state index is 0.0285. The van der Waals surface area contributed by atoms with E-state index in [1.54, 1.807) is 48.5 Å². The fourth-order valence-corrected chi connectivity index (χ4v) is 8.81. The molecule has 0 radical (unpaired) electrons. The summed E-state index contributed by atoms with van der Waals surface area (Å²) in [5.74, 6) is -0.280. The number of hydrogen-bond acceptors (Lipinski definition) is 5. The number of rotatable bonds is 5. The Morgan fingerprint density at radius 2 is 1.62 bits per heavy atom. The zero-order chi connectivity index (χ0) is 30.5. The van der Waals surface area contributed by atoms with E-state index in [4.69, 9.17) is 55.6 Å². The van der Waals surface area contributed by atoms with Crippen LogP contribution in [0.4, 0.5) is 0 Å². The molecule has 1 heterocycles. The van der Waals surface area contributed by atoms with Crippen molar-refractivity contribution in [2.24, 2.45) is 0 Å². The fraction of sp³-hybridized carbons (Fsp3) is 0.0345. The van der Waals surface area contributed by atoms with Crippen molar-refractivity contribution in [1.29, 1.82) is 0 Å². The van der Waals surface area contributed by atoms with Gasteiger partial charge in [0.2, 0.25) is 5.43 Å². The van der Waals surface area contributed by atoms with Crippen LogP contribution in [0.15, 0.2) is 69.4 Å². The lowest BCUT2D eigenvalue weighted by molar-refractivity contribution is 0.0393. The Morgan fingerprint density at radius 3 is 2.29 bits per heavy atom. The van der Waals surface area contributed by atoms with Gasteiger partial charge in [0.25, 0.3) is 0 Å². The fourth-order valence-electron chi connectivity index (χ4n) is 4.38. The van der Waals surface area contributed by atoms with Crippen LogP contribution in [0.5, 0.6) is 5.75 Å². The smallest absolute Gasteiger partial charge is 0.339 e. The Kier molecular flexibility index (Phi) is 10.5. The molecule has 5 rings (SSSR count). The number of benzene rings is 4. The maximum Gasteiger partial charge on any atom is 0.339 e. The summed E-state index contributed by atoms with van der Waals surface area (Å²) in [6, 6.07) is 13.5. The van der Waals surface area contributed by atoms with Crippen molar-refractivity contribution in [2.45, 2.75) is 6.10 Å². The highest BCUT2D eigenvalue weighted by molar-refractivity contribution is 14.1. The summed E-state index contributed by atoms with van der Waals surface area (Å²) >= 11 is 34.2. The van der Waals surface area contributed by atoms with Crippen molar-refractivity contribution < 1.29 is 19.1 Å². The second-order valence-electron chi connectivity index (χ2n) is 8.71. The monoisotopic (exact) mass is 1090 g/mol. The first-order chi connectivity index (χ1) is 20.0. The summed E-state index contributed by atoms with van der Waals surface area (Å²) in [7, 11) is 0. The van der Waals surface area contributed by atoms with Gasteiger partial charge in [-0.25, -0.2) is 4.79 Å². The van der Waals surface area contributed by atoms with E-state index in [1.807, 2.05) is 90.4 Å². The highest BCUT2D eigenvalue weighted by Crippen LogP contribution is 2.52. The molecule has 13 heteroatoms. The highest BCUT2D eigenvalue weighted by atomic mass is 127. The first kappa shape index (κ1) is 32.8. The van der Waals surface area contributed by atoms with Crippen LogP contribution in [0.3, 0.4) is 0 Å².